The Hall–Kier alpha value is -3.39. The number of amides is 1. The van der Waals surface area contributed by atoms with Crippen molar-refractivity contribution in [1.82, 2.24) is 5.32 Å². The molecule has 0 fully saturated rings. The number of rotatable bonds is 3. The molecule has 158 valence electrons. The van der Waals surface area contributed by atoms with E-state index in [1.807, 2.05) is 0 Å². The lowest BCUT2D eigenvalue weighted by Gasteiger charge is -2.51. The molecule has 4 aromatic carbocycles. The Morgan fingerprint density at radius 1 is 0.812 bits per heavy atom. The van der Waals surface area contributed by atoms with Crippen LogP contribution < -0.4 is 5.32 Å². The van der Waals surface area contributed by atoms with Crippen LogP contribution in [0.5, 0.6) is 0 Å². The van der Waals surface area contributed by atoms with E-state index in [0.29, 0.717) is 0 Å². The zero-order valence-electron chi connectivity index (χ0n) is 18.5. The number of hydrogen-bond acceptors (Lipinski definition) is 1. The molecule has 2 unspecified atom stereocenters. The minimum absolute atomic E-state index is 0.0589. The Labute approximate surface area is 189 Å². The first-order valence-corrected chi connectivity index (χ1v) is 11.5. The van der Waals surface area contributed by atoms with Gasteiger partial charge < -0.3 is 5.32 Å². The zero-order chi connectivity index (χ0) is 21.9. The lowest BCUT2D eigenvalue weighted by molar-refractivity contribution is -0.133. The second-order valence-electron chi connectivity index (χ2n) is 9.63. The predicted molar refractivity (Wildman–Crippen MR) is 130 cm³/mol. The van der Waals surface area contributed by atoms with Gasteiger partial charge in [-0.25, -0.2) is 0 Å². The van der Waals surface area contributed by atoms with Crippen molar-refractivity contribution in [3.63, 3.8) is 0 Å². The van der Waals surface area contributed by atoms with Crippen LogP contribution in [0.25, 0.3) is 10.8 Å². The molecule has 7 rings (SSSR count). The number of carbonyl (C=O) groups excluding carboxylic acids is 1. The third-order valence-corrected chi connectivity index (χ3v) is 7.79. The molecular weight excluding hydrogens is 390 g/mol. The molecule has 0 aliphatic heterocycles. The van der Waals surface area contributed by atoms with Crippen molar-refractivity contribution in [3.05, 3.63) is 119 Å². The summed E-state index contributed by atoms with van der Waals surface area (Å²) < 4.78 is 0. The molecule has 4 aromatic rings. The standard InChI is InChI=1S/C30H27NO/c1-19(21-17-9-11-20-10-3-4-12-22(20)21)31-29(32)30(2)18-27-23-13-5-7-15-25(23)28(30)26-16-8-6-14-24(26)27/h3-17,19,27-28H,18H2,1-2H3,(H,31,32). The Kier molecular flexibility index (Phi) is 4.26. The van der Waals surface area contributed by atoms with Gasteiger partial charge in [0.15, 0.2) is 0 Å². The van der Waals surface area contributed by atoms with Crippen LogP contribution >= 0.6 is 0 Å². The van der Waals surface area contributed by atoms with Gasteiger partial charge in [0.05, 0.1) is 11.5 Å². The van der Waals surface area contributed by atoms with Gasteiger partial charge in [0.1, 0.15) is 0 Å². The Morgan fingerprint density at radius 3 is 2.06 bits per heavy atom. The highest BCUT2D eigenvalue weighted by Gasteiger charge is 2.53. The molecule has 32 heavy (non-hydrogen) atoms. The van der Waals surface area contributed by atoms with Gasteiger partial charge in [-0.3, -0.25) is 4.79 Å². The molecule has 0 saturated heterocycles. The van der Waals surface area contributed by atoms with E-state index >= 15 is 0 Å². The maximum atomic E-state index is 13.9. The lowest BCUT2D eigenvalue weighted by atomic mass is 9.52. The van der Waals surface area contributed by atoms with E-state index < -0.39 is 5.41 Å². The lowest BCUT2D eigenvalue weighted by Crippen LogP contribution is -2.50. The van der Waals surface area contributed by atoms with Gasteiger partial charge in [0.25, 0.3) is 0 Å². The van der Waals surface area contributed by atoms with Crippen LogP contribution in [0, 0.1) is 5.41 Å². The van der Waals surface area contributed by atoms with E-state index in [0.717, 1.165) is 6.42 Å². The molecule has 3 aliphatic carbocycles. The monoisotopic (exact) mass is 417 g/mol. The molecule has 1 amide bonds. The molecule has 2 atom stereocenters. The SMILES string of the molecule is CC(NC(=O)C1(C)CC2c3ccccc3C1c1ccccc12)c1cccc2ccccc12. The van der Waals surface area contributed by atoms with E-state index in [9.17, 15) is 4.79 Å². The molecule has 1 N–H and O–H groups in total. The number of hydrogen-bond donors (Lipinski definition) is 1. The van der Waals surface area contributed by atoms with Crippen LogP contribution in [0.2, 0.25) is 0 Å². The smallest absolute Gasteiger partial charge is 0.227 e. The van der Waals surface area contributed by atoms with E-state index in [1.165, 1.54) is 38.6 Å². The van der Waals surface area contributed by atoms with Crippen LogP contribution in [0.1, 0.15) is 66.0 Å². The summed E-state index contributed by atoms with van der Waals surface area (Å²) in [5.41, 5.74) is 6.11. The van der Waals surface area contributed by atoms with Gasteiger partial charge >= 0.3 is 0 Å². The second kappa shape index (κ2) is 7.06. The summed E-state index contributed by atoms with van der Waals surface area (Å²) in [6.45, 7) is 4.27. The number of benzene rings is 4. The fourth-order valence-corrected chi connectivity index (χ4v) is 6.26. The van der Waals surface area contributed by atoms with Gasteiger partial charge in [-0.1, -0.05) is 91.0 Å². The van der Waals surface area contributed by atoms with Crippen LogP contribution in [0.15, 0.2) is 91.0 Å². The number of fused-ring (bicyclic) bond motifs is 2. The molecule has 2 bridgehead atoms. The average Bonchev–Trinajstić information content (AvgIpc) is 2.83. The summed E-state index contributed by atoms with van der Waals surface area (Å²) >= 11 is 0. The van der Waals surface area contributed by atoms with E-state index in [1.54, 1.807) is 0 Å². The molecule has 0 spiro atoms. The molecule has 0 radical (unpaired) electrons. The third kappa shape index (κ3) is 2.69. The van der Waals surface area contributed by atoms with E-state index in [4.69, 9.17) is 0 Å². The summed E-state index contributed by atoms with van der Waals surface area (Å²) in [4.78, 5) is 13.9. The van der Waals surface area contributed by atoms with Crippen molar-refractivity contribution < 1.29 is 4.79 Å². The van der Waals surface area contributed by atoms with Gasteiger partial charge in [0.2, 0.25) is 5.91 Å². The zero-order valence-corrected chi connectivity index (χ0v) is 18.5. The average molecular weight is 418 g/mol. The first-order valence-electron chi connectivity index (χ1n) is 11.5. The quantitative estimate of drug-likeness (QED) is 0.395. The van der Waals surface area contributed by atoms with Gasteiger partial charge in [0, 0.05) is 11.8 Å². The molecule has 0 aromatic heterocycles. The second-order valence-corrected chi connectivity index (χ2v) is 9.63. The summed E-state index contributed by atoms with van der Waals surface area (Å²) in [6, 6.07) is 32.1. The minimum Gasteiger partial charge on any atom is -0.349 e. The van der Waals surface area contributed by atoms with Gasteiger partial charge in [-0.05, 0) is 58.9 Å². The van der Waals surface area contributed by atoms with E-state index in [2.05, 4.69) is 110 Å². The van der Waals surface area contributed by atoms with Gasteiger partial charge in [-0.2, -0.15) is 0 Å². The number of nitrogens with one attached hydrogen (secondary N) is 1. The van der Waals surface area contributed by atoms with Crippen molar-refractivity contribution in [2.75, 3.05) is 0 Å². The van der Waals surface area contributed by atoms with Crippen molar-refractivity contribution in [2.45, 2.75) is 38.1 Å². The molecular formula is C30H27NO. The minimum atomic E-state index is -0.480. The Morgan fingerprint density at radius 2 is 1.38 bits per heavy atom. The highest BCUT2D eigenvalue weighted by Crippen LogP contribution is 2.61. The highest BCUT2D eigenvalue weighted by molar-refractivity contribution is 5.89. The predicted octanol–water partition coefficient (Wildman–Crippen LogP) is 6.70. The summed E-state index contributed by atoms with van der Waals surface area (Å²) in [5.74, 6) is 0.507. The molecule has 0 saturated carbocycles. The Balaban J connectivity index is 1.39. The van der Waals surface area contributed by atoms with Crippen LogP contribution in [-0.4, -0.2) is 5.91 Å². The Bertz CT molecular complexity index is 1300. The van der Waals surface area contributed by atoms with Crippen molar-refractivity contribution >= 4 is 16.7 Å². The topological polar surface area (TPSA) is 29.1 Å². The van der Waals surface area contributed by atoms with Crippen molar-refractivity contribution in [1.29, 1.82) is 0 Å². The first-order chi connectivity index (χ1) is 15.6. The maximum absolute atomic E-state index is 13.9. The molecule has 2 nitrogen and oxygen atoms in total. The summed E-state index contributed by atoms with van der Waals surface area (Å²) in [5, 5.41) is 5.81. The summed E-state index contributed by atoms with van der Waals surface area (Å²) in [6.07, 6.45) is 0.847. The molecule has 3 aliphatic rings. The van der Waals surface area contributed by atoms with E-state index in [-0.39, 0.29) is 23.8 Å². The largest absolute Gasteiger partial charge is 0.349 e. The van der Waals surface area contributed by atoms with Crippen molar-refractivity contribution in [3.8, 4) is 0 Å². The molecule has 0 heterocycles. The fraction of sp³-hybridized carbons (Fsp3) is 0.233. The molecule has 2 heteroatoms. The van der Waals surface area contributed by atoms with Crippen LogP contribution in [0.3, 0.4) is 0 Å². The van der Waals surface area contributed by atoms with Crippen LogP contribution in [-0.2, 0) is 4.79 Å². The van der Waals surface area contributed by atoms with Crippen molar-refractivity contribution in [2.24, 2.45) is 5.41 Å². The normalized spacial score (nSPS) is 23.9. The highest BCUT2D eigenvalue weighted by atomic mass is 16.2. The number of carbonyl (C=O) groups is 1. The fourth-order valence-electron chi connectivity index (χ4n) is 6.26. The third-order valence-electron chi connectivity index (χ3n) is 7.79. The maximum Gasteiger partial charge on any atom is 0.227 e. The van der Waals surface area contributed by atoms with Crippen LogP contribution in [0.4, 0.5) is 0 Å². The first kappa shape index (κ1) is 19.3. The summed E-state index contributed by atoms with van der Waals surface area (Å²) in [7, 11) is 0. The van der Waals surface area contributed by atoms with Gasteiger partial charge in [-0.15, -0.1) is 0 Å².